The number of amides is 2. The molecule has 4 heteroatoms. The molecule has 1 heterocycles. The summed E-state index contributed by atoms with van der Waals surface area (Å²) in [5.74, 6) is -0.0183. The first-order chi connectivity index (χ1) is 14.5. The van der Waals surface area contributed by atoms with Crippen LogP contribution in [0.4, 0.5) is 11.4 Å². The summed E-state index contributed by atoms with van der Waals surface area (Å²) in [5, 5.41) is 0. The monoisotopic (exact) mass is 398 g/mol. The molecule has 152 valence electrons. The number of fused-ring (bicyclic) bond motifs is 1. The van der Waals surface area contributed by atoms with E-state index < -0.39 is 0 Å². The first-order valence-corrected chi connectivity index (χ1v) is 10.3. The number of hydrogen-bond acceptors (Lipinski definition) is 2. The molecule has 0 aromatic heterocycles. The molecule has 0 saturated carbocycles. The molecule has 0 bridgehead atoms. The fraction of sp³-hybridized carbons (Fsp3) is 0.231. The zero-order chi connectivity index (χ0) is 21.3. The van der Waals surface area contributed by atoms with E-state index in [1.54, 1.807) is 6.92 Å². The Bertz CT molecular complexity index is 1060. The number of carbonyl (C=O) groups is 2. The molecule has 2 atom stereocenters. The molecule has 30 heavy (non-hydrogen) atoms. The van der Waals surface area contributed by atoms with E-state index in [2.05, 4.69) is 25.1 Å². The van der Waals surface area contributed by atoms with Gasteiger partial charge in [-0.05, 0) is 61.7 Å². The van der Waals surface area contributed by atoms with Gasteiger partial charge in [-0.15, -0.1) is 0 Å². The van der Waals surface area contributed by atoms with Crippen LogP contribution in [-0.2, 0) is 4.79 Å². The summed E-state index contributed by atoms with van der Waals surface area (Å²) >= 11 is 0. The molecule has 2 amide bonds. The minimum absolute atomic E-state index is 0.0171. The number of anilines is 2. The summed E-state index contributed by atoms with van der Waals surface area (Å²) in [6.07, 6.45) is 0.670. The van der Waals surface area contributed by atoms with Crippen LogP contribution >= 0.6 is 0 Å². The highest BCUT2D eigenvalue weighted by Crippen LogP contribution is 2.43. The van der Waals surface area contributed by atoms with Crippen LogP contribution in [0.15, 0.2) is 78.9 Å². The minimum atomic E-state index is -0.165. The summed E-state index contributed by atoms with van der Waals surface area (Å²) < 4.78 is 0. The predicted octanol–water partition coefficient (Wildman–Crippen LogP) is 5.53. The van der Waals surface area contributed by atoms with Crippen molar-refractivity contribution in [3.8, 4) is 0 Å². The molecule has 1 aliphatic heterocycles. The Morgan fingerprint density at radius 2 is 1.57 bits per heavy atom. The molecule has 0 aliphatic carbocycles. The van der Waals surface area contributed by atoms with E-state index in [1.807, 2.05) is 77.4 Å². The van der Waals surface area contributed by atoms with Crippen LogP contribution in [0.25, 0.3) is 0 Å². The van der Waals surface area contributed by atoms with Crippen LogP contribution in [0, 0.1) is 6.92 Å². The molecule has 0 fully saturated rings. The number of aryl methyl sites for hydroxylation is 1. The van der Waals surface area contributed by atoms with Crippen molar-refractivity contribution in [3.63, 3.8) is 0 Å². The van der Waals surface area contributed by atoms with Crippen molar-refractivity contribution in [2.45, 2.75) is 39.3 Å². The van der Waals surface area contributed by atoms with Gasteiger partial charge in [-0.25, -0.2) is 0 Å². The fourth-order valence-corrected chi connectivity index (χ4v) is 4.41. The standard InChI is InChI=1S/C26H26N2O2/c1-18-14-15-23-24(16-18)27(20(3)29)19(2)17-25(23)28(22-12-8-5-9-13-22)26(30)21-10-6-4-7-11-21/h4-16,19,25H,17H2,1-3H3/t19-,25-/m1/s1. The van der Waals surface area contributed by atoms with Crippen molar-refractivity contribution in [1.29, 1.82) is 0 Å². The van der Waals surface area contributed by atoms with E-state index in [9.17, 15) is 9.59 Å². The highest BCUT2D eigenvalue weighted by atomic mass is 16.2. The molecule has 0 N–H and O–H groups in total. The van der Waals surface area contributed by atoms with Gasteiger partial charge >= 0.3 is 0 Å². The number of rotatable bonds is 3. The van der Waals surface area contributed by atoms with Crippen molar-refractivity contribution in [1.82, 2.24) is 0 Å². The normalized spacial score (nSPS) is 17.9. The van der Waals surface area contributed by atoms with Gasteiger partial charge in [0.1, 0.15) is 0 Å². The van der Waals surface area contributed by atoms with Crippen LogP contribution in [0.1, 0.15) is 47.8 Å². The quantitative estimate of drug-likeness (QED) is 0.582. The smallest absolute Gasteiger partial charge is 0.258 e. The van der Waals surface area contributed by atoms with Gasteiger partial charge in [0.15, 0.2) is 0 Å². The second-order valence-corrected chi connectivity index (χ2v) is 7.93. The third-order valence-electron chi connectivity index (χ3n) is 5.73. The lowest BCUT2D eigenvalue weighted by Gasteiger charge is -2.43. The van der Waals surface area contributed by atoms with Gasteiger partial charge in [0.25, 0.3) is 5.91 Å². The third-order valence-corrected chi connectivity index (χ3v) is 5.73. The van der Waals surface area contributed by atoms with Crippen LogP contribution in [0.2, 0.25) is 0 Å². The maximum absolute atomic E-state index is 13.7. The van der Waals surface area contributed by atoms with Gasteiger partial charge in [-0.3, -0.25) is 9.59 Å². The lowest BCUT2D eigenvalue weighted by molar-refractivity contribution is -0.117. The Hall–Kier alpha value is -3.40. The van der Waals surface area contributed by atoms with Crippen molar-refractivity contribution in [2.75, 3.05) is 9.80 Å². The van der Waals surface area contributed by atoms with Crippen LogP contribution in [0.5, 0.6) is 0 Å². The number of para-hydroxylation sites is 1. The third kappa shape index (κ3) is 3.61. The average molecular weight is 399 g/mol. The first-order valence-electron chi connectivity index (χ1n) is 10.3. The Balaban J connectivity index is 1.88. The first kappa shape index (κ1) is 19.9. The summed E-state index contributed by atoms with van der Waals surface area (Å²) in [7, 11) is 0. The van der Waals surface area contributed by atoms with Crippen molar-refractivity contribution in [2.24, 2.45) is 0 Å². The molecular weight excluding hydrogens is 372 g/mol. The molecular formula is C26H26N2O2. The Morgan fingerprint density at radius 1 is 0.933 bits per heavy atom. The highest BCUT2D eigenvalue weighted by Gasteiger charge is 2.38. The van der Waals surface area contributed by atoms with Crippen molar-refractivity contribution in [3.05, 3.63) is 95.6 Å². The number of carbonyl (C=O) groups excluding carboxylic acids is 2. The van der Waals surface area contributed by atoms with E-state index in [0.717, 1.165) is 22.5 Å². The van der Waals surface area contributed by atoms with Crippen molar-refractivity contribution < 1.29 is 9.59 Å². The maximum Gasteiger partial charge on any atom is 0.258 e. The largest absolute Gasteiger partial charge is 0.309 e. The number of hydrogen-bond donors (Lipinski definition) is 0. The predicted molar refractivity (Wildman–Crippen MR) is 121 cm³/mol. The van der Waals surface area contributed by atoms with Crippen LogP contribution < -0.4 is 9.80 Å². The summed E-state index contributed by atoms with van der Waals surface area (Å²) in [4.78, 5) is 29.9. The molecule has 0 unspecified atom stereocenters. The van der Waals surface area contributed by atoms with E-state index in [0.29, 0.717) is 12.0 Å². The van der Waals surface area contributed by atoms with Gasteiger partial charge in [-0.1, -0.05) is 48.5 Å². The molecule has 0 saturated heterocycles. The summed E-state index contributed by atoms with van der Waals surface area (Å²) in [5.41, 5.74) is 4.49. The van der Waals surface area contributed by atoms with Gasteiger partial charge in [0.05, 0.1) is 6.04 Å². The maximum atomic E-state index is 13.7. The molecule has 0 spiro atoms. The van der Waals surface area contributed by atoms with E-state index >= 15 is 0 Å². The van der Waals surface area contributed by atoms with Crippen molar-refractivity contribution >= 4 is 23.2 Å². The molecule has 4 rings (SSSR count). The Labute approximate surface area is 177 Å². The van der Waals surface area contributed by atoms with Gasteiger partial charge in [0, 0.05) is 29.9 Å². The van der Waals surface area contributed by atoms with Crippen LogP contribution in [0.3, 0.4) is 0 Å². The second kappa shape index (κ2) is 8.15. The summed E-state index contributed by atoms with van der Waals surface area (Å²) in [6.45, 7) is 5.68. The zero-order valence-corrected chi connectivity index (χ0v) is 17.6. The van der Waals surface area contributed by atoms with E-state index in [-0.39, 0.29) is 23.9 Å². The summed E-state index contributed by atoms with van der Waals surface area (Å²) in [6, 6.07) is 25.1. The van der Waals surface area contributed by atoms with Gasteiger partial charge in [0.2, 0.25) is 5.91 Å². The molecule has 0 radical (unpaired) electrons. The molecule has 4 nitrogen and oxygen atoms in total. The number of benzene rings is 3. The lowest BCUT2D eigenvalue weighted by atomic mass is 9.88. The minimum Gasteiger partial charge on any atom is -0.309 e. The molecule has 3 aromatic carbocycles. The Kier molecular flexibility index (Phi) is 5.40. The number of nitrogens with zero attached hydrogens (tertiary/aromatic N) is 2. The Morgan fingerprint density at radius 3 is 2.20 bits per heavy atom. The molecule has 1 aliphatic rings. The SMILES string of the molecule is CC(=O)N1c2cc(C)ccc2[C@H](N(C(=O)c2ccccc2)c2ccccc2)C[C@H]1C. The zero-order valence-electron chi connectivity index (χ0n) is 17.6. The fourth-order valence-electron chi connectivity index (χ4n) is 4.41. The van der Waals surface area contributed by atoms with Gasteiger partial charge in [-0.2, -0.15) is 0 Å². The second-order valence-electron chi connectivity index (χ2n) is 7.93. The average Bonchev–Trinajstić information content (AvgIpc) is 2.74. The van der Waals surface area contributed by atoms with E-state index in [4.69, 9.17) is 0 Å². The molecule has 3 aromatic rings. The lowest BCUT2D eigenvalue weighted by Crippen LogP contribution is -2.47. The van der Waals surface area contributed by atoms with Crippen LogP contribution in [-0.4, -0.2) is 17.9 Å². The topological polar surface area (TPSA) is 40.6 Å². The highest BCUT2D eigenvalue weighted by molar-refractivity contribution is 6.07. The van der Waals surface area contributed by atoms with E-state index in [1.165, 1.54) is 0 Å². The van der Waals surface area contributed by atoms with Gasteiger partial charge < -0.3 is 9.80 Å².